The molecule has 112 valence electrons. The van der Waals surface area contributed by atoms with Crippen LogP contribution in [0.1, 0.15) is 22.3 Å². The van der Waals surface area contributed by atoms with E-state index in [-0.39, 0.29) is 6.61 Å². The van der Waals surface area contributed by atoms with Crippen LogP contribution in [0.4, 0.5) is 5.82 Å². The molecule has 3 nitrogen and oxygen atoms in total. The van der Waals surface area contributed by atoms with Gasteiger partial charge in [0, 0.05) is 24.2 Å². The minimum Gasteiger partial charge on any atom is -0.396 e. The molecular weight excluding hydrogens is 280 g/mol. The maximum atomic E-state index is 8.82. The first-order chi connectivity index (χ1) is 10.2. The van der Waals surface area contributed by atoms with E-state index < -0.39 is 0 Å². The topological polar surface area (TPSA) is 45.1 Å². The normalized spacial score (nSPS) is 10.6. The number of anilines is 1. The highest BCUT2D eigenvalue weighted by atomic mass is 32.2. The second-order valence-corrected chi connectivity index (χ2v) is 6.15. The van der Waals surface area contributed by atoms with Gasteiger partial charge in [-0.05, 0) is 48.2 Å². The SMILES string of the molecule is Cc1cccc(C)c1CNc1cc(CSCCO)ccn1. The fourth-order valence-electron chi connectivity index (χ4n) is 2.22. The quantitative estimate of drug-likeness (QED) is 0.768. The maximum absolute atomic E-state index is 8.82. The third-order valence-corrected chi connectivity index (χ3v) is 4.43. The molecule has 0 bridgehead atoms. The van der Waals surface area contributed by atoms with Gasteiger partial charge < -0.3 is 10.4 Å². The minimum absolute atomic E-state index is 0.230. The molecule has 0 atom stereocenters. The number of pyridine rings is 1. The van der Waals surface area contributed by atoms with Crippen molar-refractivity contribution in [2.45, 2.75) is 26.1 Å². The molecule has 0 aliphatic rings. The van der Waals surface area contributed by atoms with Crippen molar-refractivity contribution >= 4 is 17.6 Å². The van der Waals surface area contributed by atoms with Crippen molar-refractivity contribution in [1.29, 1.82) is 0 Å². The first kappa shape index (κ1) is 15.9. The molecule has 1 aromatic heterocycles. The highest BCUT2D eigenvalue weighted by Crippen LogP contribution is 2.17. The van der Waals surface area contributed by atoms with E-state index in [0.29, 0.717) is 0 Å². The lowest BCUT2D eigenvalue weighted by Gasteiger charge is -2.12. The summed E-state index contributed by atoms with van der Waals surface area (Å²) in [6, 6.07) is 10.5. The zero-order chi connectivity index (χ0) is 15.1. The lowest BCUT2D eigenvalue weighted by atomic mass is 10.0. The van der Waals surface area contributed by atoms with Crippen LogP contribution in [0.5, 0.6) is 0 Å². The molecule has 1 aromatic carbocycles. The van der Waals surface area contributed by atoms with Gasteiger partial charge in [0.2, 0.25) is 0 Å². The highest BCUT2D eigenvalue weighted by Gasteiger charge is 2.03. The average molecular weight is 302 g/mol. The van der Waals surface area contributed by atoms with Gasteiger partial charge in [-0.3, -0.25) is 0 Å². The largest absolute Gasteiger partial charge is 0.396 e. The van der Waals surface area contributed by atoms with Crippen LogP contribution in [0.15, 0.2) is 36.5 Å². The number of rotatable bonds is 7. The fraction of sp³-hybridized carbons (Fsp3) is 0.353. The first-order valence-electron chi connectivity index (χ1n) is 7.13. The predicted octanol–water partition coefficient (Wildman–Crippen LogP) is 3.54. The smallest absolute Gasteiger partial charge is 0.126 e. The van der Waals surface area contributed by atoms with E-state index in [0.717, 1.165) is 23.9 Å². The molecule has 0 saturated heterocycles. The van der Waals surface area contributed by atoms with E-state index in [1.165, 1.54) is 22.3 Å². The van der Waals surface area contributed by atoms with E-state index in [1.807, 2.05) is 12.3 Å². The van der Waals surface area contributed by atoms with E-state index in [4.69, 9.17) is 5.11 Å². The second-order valence-electron chi connectivity index (χ2n) is 5.05. The molecule has 0 fully saturated rings. The van der Waals surface area contributed by atoms with Crippen LogP contribution in [-0.4, -0.2) is 22.5 Å². The molecule has 2 rings (SSSR count). The van der Waals surface area contributed by atoms with Crippen LogP contribution in [0, 0.1) is 13.8 Å². The lowest BCUT2D eigenvalue weighted by molar-refractivity contribution is 0.322. The predicted molar refractivity (Wildman–Crippen MR) is 90.7 cm³/mol. The van der Waals surface area contributed by atoms with Crippen molar-refractivity contribution in [2.24, 2.45) is 0 Å². The van der Waals surface area contributed by atoms with Crippen LogP contribution in [0.2, 0.25) is 0 Å². The summed E-state index contributed by atoms with van der Waals surface area (Å²) in [5, 5.41) is 12.2. The number of aliphatic hydroxyl groups excluding tert-OH is 1. The van der Waals surface area contributed by atoms with Crippen LogP contribution in [0.25, 0.3) is 0 Å². The summed E-state index contributed by atoms with van der Waals surface area (Å²) in [6.07, 6.45) is 1.84. The van der Waals surface area contributed by atoms with E-state index in [2.05, 4.69) is 48.4 Å². The molecule has 1 heterocycles. The highest BCUT2D eigenvalue weighted by molar-refractivity contribution is 7.98. The summed E-state index contributed by atoms with van der Waals surface area (Å²) in [5.41, 5.74) is 5.17. The minimum atomic E-state index is 0.230. The average Bonchev–Trinajstić information content (AvgIpc) is 2.47. The van der Waals surface area contributed by atoms with E-state index >= 15 is 0 Å². The molecule has 0 spiro atoms. The summed E-state index contributed by atoms with van der Waals surface area (Å²) in [4.78, 5) is 4.37. The fourth-order valence-corrected chi connectivity index (χ4v) is 2.91. The van der Waals surface area contributed by atoms with Gasteiger partial charge in [0.15, 0.2) is 0 Å². The number of hydrogen-bond donors (Lipinski definition) is 2. The number of aryl methyl sites for hydroxylation is 2. The molecule has 0 radical (unpaired) electrons. The number of hydrogen-bond acceptors (Lipinski definition) is 4. The van der Waals surface area contributed by atoms with Crippen LogP contribution < -0.4 is 5.32 Å². The van der Waals surface area contributed by atoms with Crippen molar-refractivity contribution < 1.29 is 5.11 Å². The zero-order valence-corrected chi connectivity index (χ0v) is 13.4. The van der Waals surface area contributed by atoms with Crippen molar-refractivity contribution in [1.82, 2.24) is 4.98 Å². The Morgan fingerprint density at radius 1 is 1.19 bits per heavy atom. The zero-order valence-electron chi connectivity index (χ0n) is 12.6. The Morgan fingerprint density at radius 2 is 1.95 bits per heavy atom. The third-order valence-electron chi connectivity index (χ3n) is 3.42. The Balaban J connectivity index is 1.98. The molecule has 0 amide bonds. The summed E-state index contributed by atoms with van der Waals surface area (Å²) < 4.78 is 0. The number of aliphatic hydroxyl groups is 1. The van der Waals surface area contributed by atoms with Gasteiger partial charge in [0.25, 0.3) is 0 Å². The van der Waals surface area contributed by atoms with Gasteiger partial charge in [0.1, 0.15) is 5.82 Å². The third kappa shape index (κ3) is 4.76. The van der Waals surface area contributed by atoms with E-state index in [9.17, 15) is 0 Å². The summed E-state index contributed by atoms with van der Waals surface area (Å²) in [6.45, 7) is 5.30. The number of nitrogens with one attached hydrogen (secondary N) is 1. The monoisotopic (exact) mass is 302 g/mol. The van der Waals surface area contributed by atoms with Crippen molar-refractivity contribution in [3.05, 3.63) is 58.8 Å². The van der Waals surface area contributed by atoms with E-state index in [1.54, 1.807) is 11.8 Å². The van der Waals surface area contributed by atoms with Crippen molar-refractivity contribution in [3.8, 4) is 0 Å². The molecule has 4 heteroatoms. The number of benzene rings is 1. The summed E-state index contributed by atoms with van der Waals surface area (Å²) in [7, 11) is 0. The molecule has 0 unspecified atom stereocenters. The Bertz CT molecular complexity index is 567. The maximum Gasteiger partial charge on any atom is 0.126 e. The molecule has 2 N–H and O–H groups in total. The van der Waals surface area contributed by atoms with Gasteiger partial charge in [-0.15, -0.1) is 0 Å². The van der Waals surface area contributed by atoms with Crippen LogP contribution >= 0.6 is 11.8 Å². The summed E-state index contributed by atoms with van der Waals surface area (Å²) >= 11 is 1.73. The Labute approximate surface area is 130 Å². The molecule has 0 aliphatic heterocycles. The molecule has 0 aliphatic carbocycles. The van der Waals surface area contributed by atoms with Crippen molar-refractivity contribution in [2.75, 3.05) is 17.7 Å². The van der Waals surface area contributed by atoms with Gasteiger partial charge in [-0.25, -0.2) is 4.98 Å². The van der Waals surface area contributed by atoms with Gasteiger partial charge in [0.05, 0.1) is 6.61 Å². The van der Waals surface area contributed by atoms with Crippen molar-refractivity contribution in [3.63, 3.8) is 0 Å². The molecule has 0 saturated carbocycles. The lowest BCUT2D eigenvalue weighted by Crippen LogP contribution is -2.05. The number of aromatic nitrogens is 1. The molecule has 2 aromatic rings. The Kier molecular flexibility index (Phi) is 6.08. The Morgan fingerprint density at radius 3 is 2.67 bits per heavy atom. The number of nitrogens with zero attached hydrogens (tertiary/aromatic N) is 1. The first-order valence-corrected chi connectivity index (χ1v) is 8.28. The molecular formula is C17H22N2OS. The number of thioether (sulfide) groups is 1. The second kappa shape index (κ2) is 8.05. The van der Waals surface area contributed by atoms with Gasteiger partial charge in [-0.1, -0.05) is 18.2 Å². The van der Waals surface area contributed by atoms with Gasteiger partial charge >= 0.3 is 0 Å². The Hall–Kier alpha value is -1.52. The van der Waals surface area contributed by atoms with Crippen LogP contribution in [0.3, 0.4) is 0 Å². The van der Waals surface area contributed by atoms with Gasteiger partial charge in [-0.2, -0.15) is 11.8 Å². The summed E-state index contributed by atoms with van der Waals surface area (Å²) in [5.74, 6) is 2.58. The standard InChI is InChI=1S/C17H22N2OS/c1-13-4-3-5-14(2)16(13)11-19-17-10-15(6-7-18-17)12-21-9-8-20/h3-7,10,20H,8-9,11-12H2,1-2H3,(H,18,19). The van der Waals surface area contributed by atoms with Crippen LogP contribution in [-0.2, 0) is 12.3 Å². The molecule has 21 heavy (non-hydrogen) atoms.